The average molecular weight is 136 g/mol. The molecule has 0 rings (SSSR count). The number of aliphatic hydroxyl groups excluding tert-OH is 3. The third-order valence-corrected chi connectivity index (χ3v) is 0.421. The number of hydrogen-bond donors (Lipinski definition) is 3. The van der Waals surface area contributed by atoms with E-state index in [2.05, 4.69) is 0 Å². The van der Waals surface area contributed by atoms with Gasteiger partial charge in [-0.25, -0.2) is 0 Å². The van der Waals surface area contributed by atoms with Gasteiger partial charge in [0.25, 0.3) is 0 Å². The summed E-state index contributed by atoms with van der Waals surface area (Å²) in [6.07, 6.45) is -0.954. The van der Waals surface area contributed by atoms with Crippen molar-refractivity contribution in [3.05, 3.63) is 0 Å². The van der Waals surface area contributed by atoms with E-state index in [4.69, 9.17) is 15.3 Å². The number of aliphatic hydroxyl groups is 3. The maximum absolute atomic E-state index is 8.17. The SMILES string of the molecule is O.OCC(O)CO.[H-].[H-].[Mg+2]. The van der Waals surface area contributed by atoms with Crippen LogP contribution in [0.3, 0.4) is 0 Å². The monoisotopic (exact) mass is 136 g/mol. The molecular formula is C3H12MgO4. The number of hydrogen-bond acceptors (Lipinski definition) is 3. The molecule has 0 heterocycles. The first-order valence-electron chi connectivity index (χ1n) is 1.71. The van der Waals surface area contributed by atoms with Gasteiger partial charge in [0.05, 0.1) is 13.2 Å². The largest absolute Gasteiger partial charge is 2.00 e. The van der Waals surface area contributed by atoms with Crippen LogP contribution in [-0.2, 0) is 0 Å². The topological polar surface area (TPSA) is 92.2 Å². The predicted octanol–water partition coefficient (Wildman–Crippen LogP) is -2.65. The normalized spacial score (nSPS) is 7.50. The smallest absolute Gasteiger partial charge is 1.00 e. The summed E-state index contributed by atoms with van der Waals surface area (Å²) >= 11 is 0. The zero-order valence-electron chi connectivity index (χ0n) is 6.54. The number of rotatable bonds is 2. The molecule has 0 bridgehead atoms. The van der Waals surface area contributed by atoms with E-state index in [1.54, 1.807) is 0 Å². The van der Waals surface area contributed by atoms with Gasteiger partial charge in [-0.1, -0.05) is 0 Å². The molecule has 0 fully saturated rings. The van der Waals surface area contributed by atoms with Crippen LogP contribution in [0.5, 0.6) is 0 Å². The summed E-state index contributed by atoms with van der Waals surface area (Å²) in [5.41, 5.74) is 0. The molecule has 0 aromatic heterocycles. The molecule has 8 heavy (non-hydrogen) atoms. The molecule has 0 aliphatic heterocycles. The zero-order valence-corrected chi connectivity index (χ0v) is 5.95. The van der Waals surface area contributed by atoms with Crippen LogP contribution in [0.2, 0.25) is 0 Å². The fraction of sp³-hybridized carbons (Fsp3) is 1.00. The molecule has 0 atom stereocenters. The predicted molar refractivity (Wildman–Crippen MR) is 31.8 cm³/mol. The van der Waals surface area contributed by atoms with Crippen molar-refractivity contribution in [2.75, 3.05) is 13.2 Å². The van der Waals surface area contributed by atoms with Gasteiger partial charge >= 0.3 is 23.1 Å². The Morgan fingerprint density at radius 3 is 1.50 bits per heavy atom. The first-order valence-corrected chi connectivity index (χ1v) is 1.71. The Balaban J connectivity index is -0.0000000208. The second kappa shape index (κ2) is 10.6. The second-order valence-corrected chi connectivity index (χ2v) is 1.02. The quantitative estimate of drug-likeness (QED) is 0.362. The van der Waals surface area contributed by atoms with Crippen LogP contribution in [0.25, 0.3) is 0 Å². The summed E-state index contributed by atoms with van der Waals surface area (Å²) in [6.45, 7) is -0.729. The van der Waals surface area contributed by atoms with Gasteiger partial charge in [0, 0.05) is 0 Å². The second-order valence-electron chi connectivity index (χ2n) is 1.02. The van der Waals surface area contributed by atoms with Gasteiger partial charge in [-0.3, -0.25) is 0 Å². The van der Waals surface area contributed by atoms with E-state index in [1.165, 1.54) is 0 Å². The maximum atomic E-state index is 8.17. The van der Waals surface area contributed by atoms with Crippen molar-refractivity contribution in [3.63, 3.8) is 0 Å². The molecule has 5 N–H and O–H groups in total. The van der Waals surface area contributed by atoms with E-state index in [0.29, 0.717) is 0 Å². The Morgan fingerprint density at radius 1 is 1.25 bits per heavy atom. The minimum absolute atomic E-state index is 0. The standard InChI is InChI=1S/C3H8O3.Mg.H2O.2H/c4-1-3(6)2-5;;;;/h3-6H,1-2H2;;1H2;;/q;+2;;2*-1. The van der Waals surface area contributed by atoms with Crippen LogP contribution in [0.4, 0.5) is 0 Å². The van der Waals surface area contributed by atoms with E-state index >= 15 is 0 Å². The fourth-order valence-corrected chi connectivity index (χ4v) is 0.0577. The zero-order chi connectivity index (χ0) is 4.99. The van der Waals surface area contributed by atoms with Crippen LogP contribution in [-0.4, -0.2) is 63.2 Å². The molecule has 0 unspecified atom stereocenters. The van der Waals surface area contributed by atoms with E-state index in [9.17, 15) is 0 Å². The molecule has 0 aliphatic rings. The summed E-state index contributed by atoms with van der Waals surface area (Å²) in [4.78, 5) is 0. The summed E-state index contributed by atoms with van der Waals surface area (Å²) in [5.74, 6) is 0. The molecule has 0 radical (unpaired) electrons. The molecule has 0 amide bonds. The van der Waals surface area contributed by atoms with Gasteiger partial charge in [0.2, 0.25) is 0 Å². The van der Waals surface area contributed by atoms with Gasteiger partial charge in [0.15, 0.2) is 0 Å². The summed E-state index contributed by atoms with van der Waals surface area (Å²) < 4.78 is 0. The van der Waals surface area contributed by atoms with Crippen molar-refractivity contribution in [1.82, 2.24) is 0 Å². The van der Waals surface area contributed by atoms with Crippen molar-refractivity contribution in [2.24, 2.45) is 0 Å². The molecule has 0 spiro atoms. The Bertz CT molecular complexity index is 37.7. The van der Waals surface area contributed by atoms with E-state index in [0.717, 1.165) is 0 Å². The van der Waals surface area contributed by atoms with E-state index in [-0.39, 0.29) is 44.6 Å². The summed E-state index contributed by atoms with van der Waals surface area (Å²) in [7, 11) is 0. The average Bonchev–Trinajstić information content (AvgIpc) is 1.65. The van der Waals surface area contributed by atoms with Crippen LogP contribution < -0.4 is 0 Å². The van der Waals surface area contributed by atoms with Crippen molar-refractivity contribution in [2.45, 2.75) is 6.10 Å². The first-order chi connectivity index (χ1) is 2.81. The molecule has 5 heteroatoms. The third kappa shape index (κ3) is 9.79. The Kier molecular flexibility index (Phi) is 20.9. The molecular weight excluding hydrogens is 124 g/mol. The molecule has 0 aromatic carbocycles. The fourth-order valence-electron chi connectivity index (χ4n) is 0.0577. The van der Waals surface area contributed by atoms with Gasteiger partial charge in [-0.2, -0.15) is 0 Å². The molecule has 4 nitrogen and oxygen atoms in total. The summed E-state index contributed by atoms with van der Waals surface area (Å²) in [6, 6.07) is 0. The van der Waals surface area contributed by atoms with E-state index in [1.807, 2.05) is 0 Å². The molecule has 0 saturated carbocycles. The van der Waals surface area contributed by atoms with Gasteiger partial charge < -0.3 is 23.6 Å². The summed E-state index contributed by atoms with van der Waals surface area (Å²) in [5, 5.41) is 24.0. The third-order valence-electron chi connectivity index (χ3n) is 0.421. The molecule has 0 aliphatic carbocycles. The van der Waals surface area contributed by atoms with Crippen LogP contribution in [0.1, 0.15) is 2.85 Å². The molecule has 50 valence electrons. The van der Waals surface area contributed by atoms with Crippen molar-refractivity contribution in [3.8, 4) is 0 Å². The minimum atomic E-state index is -0.954. The van der Waals surface area contributed by atoms with Crippen molar-refractivity contribution in [1.29, 1.82) is 0 Å². The van der Waals surface area contributed by atoms with Gasteiger partial charge in [-0.15, -0.1) is 0 Å². The molecule has 0 saturated heterocycles. The maximum Gasteiger partial charge on any atom is 2.00 e. The van der Waals surface area contributed by atoms with Crippen molar-refractivity contribution < 1.29 is 23.6 Å². The van der Waals surface area contributed by atoms with Crippen LogP contribution in [0.15, 0.2) is 0 Å². The van der Waals surface area contributed by atoms with E-state index < -0.39 is 6.10 Å². The molecule has 0 aromatic rings. The Hall–Kier alpha value is 0.606. The first kappa shape index (κ1) is 15.8. The van der Waals surface area contributed by atoms with Crippen molar-refractivity contribution >= 4 is 23.1 Å². The van der Waals surface area contributed by atoms with Crippen LogP contribution in [0, 0.1) is 0 Å². The Morgan fingerprint density at radius 2 is 1.50 bits per heavy atom. The van der Waals surface area contributed by atoms with Gasteiger partial charge in [0.1, 0.15) is 6.10 Å². The van der Waals surface area contributed by atoms with Gasteiger partial charge in [-0.05, 0) is 0 Å². The van der Waals surface area contributed by atoms with Crippen LogP contribution >= 0.6 is 0 Å². The Labute approximate surface area is 66.6 Å². The minimum Gasteiger partial charge on any atom is -1.00 e.